The Kier molecular flexibility index (Phi) is 7.34. The third-order valence-corrected chi connectivity index (χ3v) is 10.8. The summed E-state index contributed by atoms with van der Waals surface area (Å²) in [7, 11) is 0. The molecular formula is C30H34N4O3S2. The standard InChI is InChI=1S/C30H34N4O3S2/c35-29-19-21(33-9-13-36-14-10-33)18-24(32-29)22-3-1-6-27-30(22)39-26-8-7-20(17-28(26)38-27)31-23-4-2-5-25(23)34-11-15-37-16-12-34/h1,3,6-8,17-19,23,25,31H,2,4-5,9-16H2,(H,32,35). The van der Waals surface area contributed by atoms with E-state index in [2.05, 4.69) is 62.6 Å². The van der Waals surface area contributed by atoms with Crippen molar-refractivity contribution in [2.24, 2.45) is 0 Å². The van der Waals surface area contributed by atoms with Gasteiger partial charge in [0.25, 0.3) is 0 Å². The fourth-order valence-corrected chi connectivity index (χ4v) is 8.66. The van der Waals surface area contributed by atoms with Crippen LogP contribution in [-0.2, 0) is 9.47 Å². The van der Waals surface area contributed by atoms with Crippen molar-refractivity contribution in [3.63, 3.8) is 0 Å². The summed E-state index contributed by atoms with van der Waals surface area (Å²) in [5, 5.41) is 3.88. The van der Waals surface area contributed by atoms with Crippen LogP contribution in [0.1, 0.15) is 19.3 Å². The highest BCUT2D eigenvalue weighted by molar-refractivity contribution is 8.05. The molecule has 7 rings (SSSR count). The summed E-state index contributed by atoms with van der Waals surface area (Å²) in [6, 6.07) is 18.1. The van der Waals surface area contributed by atoms with E-state index >= 15 is 0 Å². The van der Waals surface area contributed by atoms with Crippen LogP contribution in [0.5, 0.6) is 0 Å². The van der Waals surface area contributed by atoms with Crippen LogP contribution in [-0.4, -0.2) is 74.6 Å². The Hall–Kier alpha value is -2.43. The second-order valence-corrected chi connectivity index (χ2v) is 12.7. The van der Waals surface area contributed by atoms with Crippen molar-refractivity contribution in [3.8, 4) is 11.3 Å². The van der Waals surface area contributed by atoms with Gasteiger partial charge in [0.2, 0.25) is 5.56 Å². The van der Waals surface area contributed by atoms with E-state index < -0.39 is 0 Å². The van der Waals surface area contributed by atoms with Gasteiger partial charge in [0, 0.05) is 80.8 Å². The van der Waals surface area contributed by atoms with E-state index in [1.165, 1.54) is 44.5 Å². The number of morpholine rings is 2. The third-order valence-electron chi connectivity index (χ3n) is 8.20. The molecule has 3 aliphatic heterocycles. The highest BCUT2D eigenvalue weighted by atomic mass is 32.2. The lowest BCUT2D eigenvalue weighted by Gasteiger charge is -2.36. The van der Waals surface area contributed by atoms with Crippen LogP contribution in [0.3, 0.4) is 0 Å². The molecule has 7 nitrogen and oxygen atoms in total. The van der Waals surface area contributed by atoms with Crippen LogP contribution in [0.25, 0.3) is 11.3 Å². The summed E-state index contributed by atoms with van der Waals surface area (Å²) in [6.45, 7) is 6.77. The van der Waals surface area contributed by atoms with Gasteiger partial charge >= 0.3 is 0 Å². The fourth-order valence-electron chi connectivity index (χ4n) is 6.25. The molecular weight excluding hydrogens is 528 g/mol. The molecule has 9 heteroatoms. The van der Waals surface area contributed by atoms with E-state index in [0.717, 1.165) is 56.3 Å². The number of ether oxygens (including phenoxy) is 2. The molecule has 2 atom stereocenters. The summed E-state index contributed by atoms with van der Waals surface area (Å²) in [4.78, 5) is 25.6. The molecule has 0 amide bonds. The van der Waals surface area contributed by atoms with Gasteiger partial charge in [0.05, 0.1) is 32.1 Å². The first kappa shape index (κ1) is 25.5. The van der Waals surface area contributed by atoms with E-state index in [-0.39, 0.29) is 5.56 Å². The highest BCUT2D eigenvalue weighted by Gasteiger charge is 2.33. The highest BCUT2D eigenvalue weighted by Crippen LogP contribution is 2.52. The van der Waals surface area contributed by atoms with Crippen LogP contribution in [0.2, 0.25) is 0 Å². The van der Waals surface area contributed by atoms with Crippen LogP contribution in [0, 0.1) is 0 Å². The zero-order valence-electron chi connectivity index (χ0n) is 22.0. The van der Waals surface area contributed by atoms with Crippen molar-refractivity contribution in [2.45, 2.75) is 50.9 Å². The molecule has 4 heterocycles. The molecule has 2 unspecified atom stereocenters. The molecule has 2 saturated heterocycles. The third kappa shape index (κ3) is 5.35. The van der Waals surface area contributed by atoms with Crippen molar-refractivity contribution in [2.75, 3.05) is 62.8 Å². The summed E-state index contributed by atoms with van der Waals surface area (Å²) < 4.78 is 11.1. The normalized spacial score (nSPS) is 23.3. The Bertz CT molecular complexity index is 1400. The number of hydrogen-bond donors (Lipinski definition) is 2. The minimum absolute atomic E-state index is 0.0709. The van der Waals surface area contributed by atoms with Crippen molar-refractivity contribution >= 4 is 34.9 Å². The maximum absolute atomic E-state index is 12.7. The molecule has 0 radical (unpaired) electrons. The average Bonchev–Trinajstić information content (AvgIpc) is 3.44. The lowest BCUT2D eigenvalue weighted by Crippen LogP contribution is -2.48. The van der Waals surface area contributed by atoms with Crippen LogP contribution in [0.15, 0.2) is 72.9 Å². The molecule has 0 spiro atoms. The van der Waals surface area contributed by atoms with Gasteiger partial charge in [-0.2, -0.15) is 0 Å². The predicted octanol–water partition coefficient (Wildman–Crippen LogP) is 5.16. The molecule has 2 N–H and O–H groups in total. The SMILES string of the molecule is O=c1cc(N2CCOCC2)cc(-c2cccc3c2Sc2ccc(NC4CCCC4N4CCOCC4)cc2S3)[nH]1. The number of aromatic amines is 1. The Balaban J connectivity index is 1.12. The molecule has 2 aromatic carbocycles. The zero-order chi connectivity index (χ0) is 26.2. The lowest BCUT2D eigenvalue weighted by molar-refractivity contribution is 0.0161. The number of rotatable bonds is 5. The molecule has 3 fully saturated rings. The van der Waals surface area contributed by atoms with Gasteiger partial charge in [-0.1, -0.05) is 35.7 Å². The maximum Gasteiger partial charge on any atom is 0.250 e. The van der Waals surface area contributed by atoms with Crippen molar-refractivity contribution in [3.05, 3.63) is 58.9 Å². The first-order valence-electron chi connectivity index (χ1n) is 14.0. The first-order valence-corrected chi connectivity index (χ1v) is 15.6. The van der Waals surface area contributed by atoms with Crippen molar-refractivity contribution in [1.82, 2.24) is 9.88 Å². The Morgan fingerprint density at radius 2 is 1.67 bits per heavy atom. The van der Waals surface area contributed by atoms with Crippen molar-refractivity contribution in [1.29, 1.82) is 0 Å². The average molecular weight is 563 g/mol. The Labute approximate surface area is 237 Å². The van der Waals surface area contributed by atoms with E-state index in [0.29, 0.717) is 25.3 Å². The van der Waals surface area contributed by atoms with Gasteiger partial charge in [-0.25, -0.2) is 0 Å². The van der Waals surface area contributed by atoms with Gasteiger partial charge in [0.1, 0.15) is 0 Å². The Morgan fingerprint density at radius 3 is 2.51 bits per heavy atom. The van der Waals surface area contributed by atoms with Gasteiger partial charge in [-0.3, -0.25) is 9.69 Å². The number of fused-ring (bicyclic) bond motifs is 2. The topological polar surface area (TPSA) is 69.8 Å². The molecule has 1 aromatic heterocycles. The van der Waals surface area contributed by atoms with Gasteiger partial charge in [-0.15, -0.1) is 0 Å². The number of hydrogen-bond acceptors (Lipinski definition) is 8. The predicted molar refractivity (Wildman–Crippen MR) is 158 cm³/mol. The van der Waals surface area contributed by atoms with E-state index in [4.69, 9.17) is 9.47 Å². The van der Waals surface area contributed by atoms with E-state index in [1.807, 2.05) is 11.8 Å². The largest absolute Gasteiger partial charge is 0.381 e. The number of H-pyrrole nitrogens is 1. The lowest BCUT2D eigenvalue weighted by atomic mass is 10.1. The zero-order valence-corrected chi connectivity index (χ0v) is 23.6. The monoisotopic (exact) mass is 562 g/mol. The van der Waals surface area contributed by atoms with Crippen LogP contribution < -0.4 is 15.8 Å². The number of anilines is 2. The fraction of sp³-hybridized carbons (Fsp3) is 0.433. The van der Waals surface area contributed by atoms with Gasteiger partial charge < -0.3 is 24.7 Å². The number of pyridine rings is 1. The minimum atomic E-state index is -0.0709. The summed E-state index contributed by atoms with van der Waals surface area (Å²) in [5.41, 5.74) is 4.03. The first-order chi connectivity index (χ1) is 19.2. The molecule has 3 aromatic rings. The van der Waals surface area contributed by atoms with Crippen molar-refractivity contribution < 1.29 is 9.47 Å². The second kappa shape index (κ2) is 11.2. The van der Waals surface area contributed by atoms with Crippen LogP contribution >= 0.6 is 23.5 Å². The van der Waals surface area contributed by atoms with E-state index in [9.17, 15) is 4.79 Å². The van der Waals surface area contributed by atoms with Crippen LogP contribution in [0.4, 0.5) is 11.4 Å². The summed E-state index contributed by atoms with van der Waals surface area (Å²) >= 11 is 3.62. The van der Waals surface area contributed by atoms with Gasteiger partial charge in [0.15, 0.2) is 0 Å². The van der Waals surface area contributed by atoms with E-state index in [1.54, 1.807) is 17.8 Å². The number of benzene rings is 2. The Morgan fingerprint density at radius 1 is 0.846 bits per heavy atom. The minimum Gasteiger partial charge on any atom is -0.381 e. The smallest absolute Gasteiger partial charge is 0.250 e. The molecule has 204 valence electrons. The number of nitrogens with one attached hydrogen (secondary N) is 2. The number of aromatic nitrogens is 1. The molecule has 4 aliphatic rings. The molecule has 39 heavy (non-hydrogen) atoms. The van der Waals surface area contributed by atoms with Gasteiger partial charge in [-0.05, 0) is 49.6 Å². The number of nitrogens with zero attached hydrogens (tertiary/aromatic N) is 2. The second-order valence-electron chi connectivity index (χ2n) is 10.6. The summed E-state index contributed by atoms with van der Waals surface area (Å²) in [5.74, 6) is 0. The molecule has 0 bridgehead atoms. The summed E-state index contributed by atoms with van der Waals surface area (Å²) in [6.07, 6.45) is 3.76. The molecule has 1 saturated carbocycles. The molecule has 1 aliphatic carbocycles. The quantitative estimate of drug-likeness (QED) is 0.346. The maximum atomic E-state index is 12.7.